The topological polar surface area (TPSA) is 88.9 Å². The Kier molecular flexibility index (Phi) is 4.10. The lowest BCUT2D eigenvalue weighted by Gasteiger charge is -2.07. The van der Waals surface area contributed by atoms with Gasteiger partial charge < -0.3 is 4.98 Å². The zero-order valence-electron chi connectivity index (χ0n) is 12.1. The van der Waals surface area contributed by atoms with Crippen LogP contribution in [0.2, 0.25) is 5.02 Å². The summed E-state index contributed by atoms with van der Waals surface area (Å²) in [4.78, 5) is 30.5. The first-order valence-electron chi connectivity index (χ1n) is 6.62. The number of benzene rings is 2. The summed E-state index contributed by atoms with van der Waals surface area (Å²) < 4.78 is 14.1. The van der Waals surface area contributed by atoms with Crippen LogP contribution in [0.25, 0.3) is 11.0 Å². The Morgan fingerprint density at radius 3 is 2.79 bits per heavy atom. The average molecular weight is 413 g/mol. The molecule has 0 aliphatic carbocycles. The Hall–Kier alpha value is -2.32. The average Bonchev–Trinajstić information content (AvgIpc) is 2.89. The molecule has 0 bridgehead atoms. The highest BCUT2D eigenvalue weighted by atomic mass is 79.9. The Labute approximate surface area is 147 Å². The predicted molar refractivity (Wildman–Crippen MR) is 90.0 cm³/mol. The highest BCUT2D eigenvalue weighted by Gasteiger charge is 2.29. The van der Waals surface area contributed by atoms with E-state index in [1.165, 1.54) is 12.1 Å². The summed E-state index contributed by atoms with van der Waals surface area (Å²) in [7, 11) is 0. The molecule has 122 valence electrons. The summed E-state index contributed by atoms with van der Waals surface area (Å²) in [6.07, 6.45) is 0. The van der Waals surface area contributed by atoms with Gasteiger partial charge in [0.15, 0.2) is 0 Å². The standard InChI is InChI=1S/C15H8BrClFN3O3/c1-6-19-10-5-11(21(23)24)12(13(16)14(10)20-6)15(22)8-4-7(17)2-3-9(8)18/h2-5H,1H3,(H,19,20). The first kappa shape index (κ1) is 16.5. The molecule has 3 rings (SSSR count). The van der Waals surface area contributed by atoms with Crippen molar-refractivity contribution in [2.45, 2.75) is 6.92 Å². The van der Waals surface area contributed by atoms with E-state index in [0.717, 1.165) is 12.1 Å². The number of H-pyrrole nitrogens is 1. The first-order valence-corrected chi connectivity index (χ1v) is 7.79. The van der Waals surface area contributed by atoms with E-state index >= 15 is 0 Å². The highest BCUT2D eigenvalue weighted by molar-refractivity contribution is 9.10. The number of aromatic nitrogens is 2. The molecule has 0 radical (unpaired) electrons. The number of carbonyl (C=O) groups is 1. The van der Waals surface area contributed by atoms with Crippen LogP contribution in [0.5, 0.6) is 0 Å². The smallest absolute Gasteiger partial charge is 0.283 e. The quantitative estimate of drug-likeness (QED) is 0.388. The van der Waals surface area contributed by atoms with E-state index in [1.807, 2.05) is 0 Å². The van der Waals surface area contributed by atoms with Crippen molar-refractivity contribution >= 4 is 50.0 Å². The number of nitrogens with zero attached hydrogens (tertiary/aromatic N) is 2. The number of aromatic amines is 1. The molecule has 6 nitrogen and oxygen atoms in total. The molecule has 0 atom stereocenters. The van der Waals surface area contributed by atoms with Crippen LogP contribution in [-0.2, 0) is 0 Å². The maximum absolute atomic E-state index is 14.0. The van der Waals surface area contributed by atoms with Gasteiger partial charge in [-0.3, -0.25) is 14.9 Å². The van der Waals surface area contributed by atoms with Crippen LogP contribution in [0.3, 0.4) is 0 Å². The first-order chi connectivity index (χ1) is 11.3. The molecule has 0 saturated heterocycles. The van der Waals surface area contributed by atoms with Crippen LogP contribution in [0.15, 0.2) is 28.7 Å². The van der Waals surface area contributed by atoms with Crippen molar-refractivity contribution in [3.8, 4) is 0 Å². The van der Waals surface area contributed by atoms with Crippen molar-refractivity contribution in [1.82, 2.24) is 9.97 Å². The molecule has 0 spiro atoms. The van der Waals surface area contributed by atoms with Crippen LogP contribution in [0, 0.1) is 22.9 Å². The maximum atomic E-state index is 14.0. The van der Waals surface area contributed by atoms with Gasteiger partial charge in [-0.2, -0.15) is 0 Å². The van der Waals surface area contributed by atoms with Crippen molar-refractivity contribution in [2.24, 2.45) is 0 Å². The number of carbonyl (C=O) groups excluding carboxylic acids is 1. The van der Waals surface area contributed by atoms with Crippen molar-refractivity contribution in [1.29, 1.82) is 0 Å². The zero-order chi connectivity index (χ0) is 17.6. The lowest BCUT2D eigenvalue weighted by molar-refractivity contribution is -0.385. The number of ketones is 1. The van der Waals surface area contributed by atoms with Crippen LogP contribution in [0.1, 0.15) is 21.7 Å². The van der Waals surface area contributed by atoms with Gasteiger partial charge in [0, 0.05) is 11.1 Å². The number of imidazole rings is 1. The SMILES string of the molecule is Cc1nc2c(Br)c(C(=O)c3cc(Cl)ccc3F)c([N+](=O)[O-])cc2[nH]1. The van der Waals surface area contributed by atoms with Crippen LogP contribution in [-0.4, -0.2) is 20.7 Å². The van der Waals surface area contributed by atoms with Crippen molar-refractivity contribution < 1.29 is 14.1 Å². The second kappa shape index (κ2) is 5.95. The van der Waals surface area contributed by atoms with E-state index in [-0.39, 0.29) is 20.6 Å². The minimum atomic E-state index is -0.851. The zero-order valence-corrected chi connectivity index (χ0v) is 14.4. The number of hydrogen-bond donors (Lipinski definition) is 1. The third-order valence-electron chi connectivity index (χ3n) is 3.41. The van der Waals surface area contributed by atoms with E-state index in [0.29, 0.717) is 16.9 Å². The summed E-state index contributed by atoms with van der Waals surface area (Å²) >= 11 is 9.00. The number of halogens is 3. The largest absolute Gasteiger partial charge is 0.342 e. The van der Waals surface area contributed by atoms with Gasteiger partial charge in [-0.25, -0.2) is 9.37 Å². The van der Waals surface area contributed by atoms with Crippen molar-refractivity contribution in [3.63, 3.8) is 0 Å². The normalized spacial score (nSPS) is 11.0. The van der Waals surface area contributed by atoms with Gasteiger partial charge in [-0.05, 0) is 41.1 Å². The number of nitro groups is 1. The van der Waals surface area contributed by atoms with Crippen LogP contribution >= 0.6 is 27.5 Å². The number of hydrogen-bond acceptors (Lipinski definition) is 4. The third-order valence-corrected chi connectivity index (χ3v) is 4.42. The highest BCUT2D eigenvalue weighted by Crippen LogP contribution is 2.36. The fourth-order valence-corrected chi connectivity index (χ4v) is 3.25. The molecule has 0 unspecified atom stereocenters. The van der Waals surface area contributed by atoms with E-state index < -0.39 is 22.2 Å². The van der Waals surface area contributed by atoms with Crippen LogP contribution in [0.4, 0.5) is 10.1 Å². The van der Waals surface area contributed by atoms with Gasteiger partial charge in [0.05, 0.1) is 20.5 Å². The Morgan fingerprint density at radius 1 is 1.42 bits per heavy atom. The molecular weight excluding hydrogens is 405 g/mol. The predicted octanol–water partition coefficient (Wildman–Crippen LogP) is 4.57. The van der Waals surface area contributed by atoms with Crippen molar-refractivity contribution in [2.75, 3.05) is 0 Å². The Balaban J connectivity index is 2.33. The fourth-order valence-electron chi connectivity index (χ4n) is 2.39. The molecule has 0 amide bonds. The number of aryl methyl sites for hydroxylation is 1. The molecule has 0 aliphatic rings. The van der Waals surface area contributed by atoms with Gasteiger partial charge >= 0.3 is 0 Å². The maximum Gasteiger partial charge on any atom is 0.283 e. The lowest BCUT2D eigenvalue weighted by atomic mass is 10.0. The third kappa shape index (κ3) is 2.67. The fraction of sp³-hybridized carbons (Fsp3) is 0.0667. The molecule has 1 heterocycles. The summed E-state index contributed by atoms with van der Waals surface area (Å²) in [6, 6.07) is 4.66. The van der Waals surface area contributed by atoms with Crippen LogP contribution < -0.4 is 0 Å². The monoisotopic (exact) mass is 411 g/mol. The summed E-state index contributed by atoms with van der Waals surface area (Å²) in [5.74, 6) is -1.14. The molecule has 2 aromatic carbocycles. The summed E-state index contributed by atoms with van der Waals surface area (Å²) in [5.41, 5.74) is -0.335. The van der Waals surface area contributed by atoms with Gasteiger partial charge in [0.25, 0.3) is 5.69 Å². The van der Waals surface area contributed by atoms with E-state index in [1.54, 1.807) is 6.92 Å². The van der Waals surface area contributed by atoms with Gasteiger partial charge in [-0.1, -0.05) is 11.6 Å². The lowest BCUT2D eigenvalue weighted by Crippen LogP contribution is -2.09. The number of fused-ring (bicyclic) bond motifs is 1. The summed E-state index contributed by atoms with van der Waals surface area (Å²) in [5, 5.41) is 11.5. The molecule has 3 aromatic rings. The molecule has 1 aromatic heterocycles. The molecular formula is C15H8BrClFN3O3. The minimum absolute atomic E-state index is 0.125. The second-order valence-corrected chi connectivity index (χ2v) is 6.24. The van der Waals surface area contributed by atoms with Gasteiger partial charge in [-0.15, -0.1) is 0 Å². The van der Waals surface area contributed by atoms with Gasteiger partial charge in [0.1, 0.15) is 22.7 Å². The van der Waals surface area contributed by atoms with E-state index in [4.69, 9.17) is 11.6 Å². The number of nitrogens with one attached hydrogen (secondary N) is 1. The Morgan fingerprint density at radius 2 is 2.12 bits per heavy atom. The molecule has 1 N–H and O–H groups in total. The number of nitro benzene ring substituents is 1. The minimum Gasteiger partial charge on any atom is -0.342 e. The number of rotatable bonds is 3. The second-order valence-electron chi connectivity index (χ2n) is 5.01. The van der Waals surface area contributed by atoms with Crippen molar-refractivity contribution in [3.05, 3.63) is 66.6 Å². The molecule has 0 aliphatic heterocycles. The Bertz CT molecular complexity index is 1020. The molecule has 24 heavy (non-hydrogen) atoms. The summed E-state index contributed by atoms with van der Waals surface area (Å²) in [6.45, 7) is 1.68. The van der Waals surface area contributed by atoms with Gasteiger partial charge in [0.2, 0.25) is 5.78 Å². The molecule has 0 fully saturated rings. The van der Waals surface area contributed by atoms with E-state index in [2.05, 4.69) is 25.9 Å². The molecule has 0 saturated carbocycles. The molecule has 9 heteroatoms. The van der Waals surface area contributed by atoms with E-state index in [9.17, 15) is 19.3 Å².